The minimum Gasteiger partial charge on any atom is -0.477 e. The van der Waals surface area contributed by atoms with E-state index in [2.05, 4.69) is 57.4 Å². The number of amides is 1. The van der Waals surface area contributed by atoms with Crippen LogP contribution in [0.15, 0.2) is 48.8 Å². The summed E-state index contributed by atoms with van der Waals surface area (Å²) in [5, 5.41) is 12.2. The summed E-state index contributed by atoms with van der Waals surface area (Å²) in [6.45, 7) is 7.76. The number of ether oxygens (including phenoxy) is 1. The fourth-order valence-electron chi connectivity index (χ4n) is 4.73. The van der Waals surface area contributed by atoms with Crippen LogP contribution in [0.4, 0.5) is 5.69 Å². The Balaban J connectivity index is 1.27. The molecule has 1 aliphatic rings. The van der Waals surface area contributed by atoms with Crippen LogP contribution in [0, 0.1) is 17.2 Å². The molecule has 1 amide bonds. The lowest BCUT2D eigenvalue weighted by Crippen LogP contribution is -2.38. The first-order valence-electron chi connectivity index (χ1n) is 12.9. The molecule has 3 aromatic rings. The smallest absolute Gasteiger partial charge is 0.270 e. The van der Waals surface area contributed by atoms with E-state index in [0.29, 0.717) is 19.1 Å². The van der Waals surface area contributed by atoms with E-state index in [9.17, 15) is 10.1 Å². The third-order valence-electron chi connectivity index (χ3n) is 6.86. The molecule has 1 aromatic carbocycles. The Bertz CT molecular complexity index is 1260. The minimum atomic E-state index is -0.306. The lowest BCUT2D eigenvalue weighted by molar-refractivity contribution is 0.0929. The molecule has 1 fully saturated rings. The van der Waals surface area contributed by atoms with Gasteiger partial charge in [0, 0.05) is 31.0 Å². The fraction of sp³-hybridized carbons (Fsp3) is 0.379. The predicted octanol–water partition coefficient (Wildman–Crippen LogP) is 4.20. The van der Waals surface area contributed by atoms with Crippen LogP contribution in [0.25, 0.3) is 11.1 Å². The molecule has 0 radical (unpaired) electrons. The summed E-state index contributed by atoms with van der Waals surface area (Å²) in [4.78, 5) is 23.7. The van der Waals surface area contributed by atoms with Gasteiger partial charge in [-0.1, -0.05) is 31.2 Å². The van der Waals surface area contributed by atoms with Crippen LogP contribution in [-0.2, 0) is 13.0 Å². The number of nitrogen functional groups attached to an aromatic ring is 1. The number of hydrogen-bond acceptors (Lipinski definition) is 7. The molecule has 0 bridgehead atoms. The zero-order chi connectivity index (χ0) is 26.2. The highest BCUT2D eigenvalue weighted by Gasteiger charge is 2.21. The fourth-order valence-corrected chi connectivity index (χ4v) is 4.73. The second kappa shape index (κ2) is 12.3. The van der Waals surface area contributed by atoms with E-state index < -0.39 is 0 Å². The van der Waals surface area contributed by atoms with E-state index >= 15 is 0 Å². The number of nitrogens with one attached hydrogen (secondary N) is 1. The molecular weight excluding hydrogens is 464 g/mol. The standard InChI is InChI=1S/C29H34N6O2/c1-3-22-9-12-32-18-25(22)23-7-5-21(6-8-23)19-35-13-10-20(11-14-35)17-33-28(36)27-15-26(31)24(16-30)29(34-27)37-4-2/h5-9,12,15,18,20H,3-4,10-11,13-14,17,19H2,1-2H3,(H2,31,34)(H,33,36). The van der Waals surface area contributed by atoms with Crippen molar-refractivity contribution in [2.24, 2.45) is 5.92 Å². The number of likely N-dealkylation sites (tertiary alicyclic amines) is 1. The highest BCUT2D eigenvalue weighted by molar-refractivity contribution is 5.93. The molecule has 0 spiro atoms. The third-order valence-corrected chi connectivity index (χ3v) is 6.86. The summed E-state index contributed by atoms with van der Waals surface area (Å²) >= 11 is 0. The molecule has 8 nitrogen and oxygen atoms in total. The van der Waals surface area contributed by atoms with Crippen molar-refractivity contribution >= 4 is 11.6 Å². The number of pyridine rings is 2. The van der Waals surface area contributed by atoms with Gasteiger partial charge in [0.15, 0.2) is 0 Å². The summed E-state index contributed by atoms with van der Waals surface area (Å²) in [6.07, 6.45) is 6.81. The summed E-state index contributed by atoms with van der Waals surface area (Å²) in [5.41, 5.74) is 11.5. The molecule has 1 saturated heterocycles. The number of piperidine rings is 1. The van der Waals surface area contributed by atoms with Crippen molar-refractivity contribution in [3.05, 3.63) is 71.2 Å². The SMILES string of the molecule is CCOc1nc(C(=O)NCC2CCN(Cc3ccc(-c4cnccc4CC)cc3)CC2)cc(N)c1C#N. The normalized spacial score (nSPS) is 14.2. The number of carbonyl (C=O) groups excluding carboxylic acids is 1. The molecule has 0 saturated carbocycles. The van der Waals surface area contributed by atoms with Crippen molar-refractivity contribution in [3.8, 4) is 23.1 Å². The molecule has 1 aliphatic heterocycles. The van der Waals surface area contributed by atoms with Crippen molar-refractivity contribution in [1.82, 2.24) is 20.2 Å². The van der Waals surface area contributed by atoms with Crippen LogP contribution in [0.2, 0.25) is 0 Å². The molecule has 37 heavy (non-hydrogen) atoms. The summed E-state index contributed by atoms with van der Waals surface area (Å²) in [5.74, 6) is 0.199. The van der Waals surface area contributed by atoms with Crippen LogP contribution < -0.4 is 15.8 Å². The van der Waals surface area contributed by atoms with Crippen LogP contribution >= 0.6 is 0 Å². The number of rotatable bonds is 9. The average molecular weight is 499 g/mol. The highest BCUT2D eigenvalue weighted by atomic mass is 16.5. The monoisotopic (exact) mass is 498 g/mol. The Hall–Kier alpha value is -3.96. The topological polar surface area (TPSA) is 117 Å². The number of benzene rings is 1. The number of nitrogens with zero attached hydrogens (tertiary/aromatic N) is 4. The maximum atomic E-state index is 12.7. The summed E-state index contributed by atoms with van der Waals surface area (Å²) in [6, 6.07) is 14.3. The van der Waals surface area contributed by atoms with Gasteiger partial charge in [0.1, 0.15) is 17.3 Å². The first-order chi connectivity index (χ1) is 18.0. The number of anilines is 1. The molecule has 192 valence electrons. The Labute approximate surface area is 218 Å². The van der Waals surface area contributed by atoms with Gasteiger partial charge in [0.05, 0.1) is 12.3 Å². The van der Waals surface area contributed by atoms with Gasteiger partial charge in [0.2, 0.25) is 5.88 Å². The van der Waals surface area contributed by atoms with E-state index in [1.165, 1.54) is 28.3 Å². The van der Waals surface area contributed by atoms with E-state index in [0.717, 1.165) is 38.9 Å². The van der Waals surface area contributed by atoms with Crippen molar-refractivity contribution < 1.29 is 9.53 Å². The van der Waals surface area contributed by atoms with Crippen LogP contribution in [-0.4, -0.2) is 47.0 Å². The van der Waals surface area contributed by atoms with Crippen LogP contribution in [0.5, 0.6) is 5.88 Å². The maximum absolute atomic E-state index is 12.7. The van der Waals surface area contributed by atoms with Gasteiger partial charge in [-0.15, -0.1) is 0 Å². The molecule has 0 atom stereocenters. The van der Waals surface area contributed by atoms with Crippen LogP contribution in [0.1, 0.15) is 53.9 Å². The van der Waals surface area contributed by atoms with E-state index in [1.807, 2.05) is 18.5 Å². The Morgan fingerprint density at radius 2 is 1.97 bits per heavy atom. The third kappa shape index (κ3) is 6.43. The maximum Gasteiger partial charge on any atom is 0.270 e. The molecule has 4 rings (SSSR count). The number of carbonyl (C=O) groups is 1. The first-order valence-corrected chi connectivity index (χ1v) is 12.9. The van der Waals surface area contributed by atoms with Gasteiger partial charge in [-0.3, -0.25) is 14.7 Å². The number of aromatic nitrogens is 2. The Morgan fingerprint density at radius 1 is 1.22 bits per heavy atom. The predicted molar refractivity (Wildman–Crippen MR) is 144 cm³/mol. The molecule has 0 unspecified atom stereocenters. The molecule has 3 N–H and O–H groups in total. The molecule has 0 aliphatic carbocycles. The highest BCUT2D eigenvalue weighted by Crippen LogP contribution is 2.25. The van der Waals surface area contributed by atoms with E-state index in [4.69, 9.17) is 10.5 Å². The Morgan fingerprint density at radius 3 is 2.65 bits per heavy atom. The van der Waals surface area contributed by atoms with Gasteiger partial charge >= 0.3 is 0 Å². The number of hydrogen-bond donors (Lipinski definition) is 2. The number of nitrogens with two attached hydrogens (primary N) is 1. The van der Waals surface area contributed by atoms with Crippen molar-refractivity contribution in [1.29, 1.82) is 5.26 Å². The zero-order valence-electron chi connectivity index (χ0n) is 21.5. The lowest BCUT2D eigenvalue weighted by atomic mass is 9.96. The number of aryl methyl sites for hydroxylation is 1. The van der Waals surface area contributed by atoms with Crippen molar-refractivity contribution in [2.45, 2.75) is 39.7 Å². The van der Waals surface area contributed by atoms with Crippen molar-refractivity contribution in [3.63, 3.8) is 0 Å². The van der Waals surface area contributed by atoms with E-state index in [-0.39, 0.29) is 28.7 Å². The summed E-state index contributed by atoms with van der Waals surface area (Å²) in [7, 11) is 0. The number of nitriles is 1. The lowest BCUT2D eigenvalue weighted by Gasteiger charge is -2.32. The minimum absolute atomic E-state index is 0.0998. The molecule has 3 heterocycles. The van der Waals surface area contributed by atoms with E-state index in [1.54, 1.807) is 6.92 Å². The average Bonchev–Trinajstić information content (AvgIpc) is 2.93. The van der Waals surface area contributed by atoms with Gasteiger partial charge in [-0.05, 0) is 74.0 Å². The van der Waals surface area contributed by atoms with Crippen molar-refractivity contribution in [2.75, 3.05) is 32.0 Å². The van der Waals surface area contributed by atoms with Gasteiger partial charge < -0.3 is 15.8 Å². The van der Waals surface area contributed by atoms with Gasteiger partial charge in [0.25, 0.3) is 5.91 Å². The first kappa shape index (κ1) is 26.1. The molecular formula is C29H34N6O2. The zero-order valence-corrected chi connectivity index (χ0v) is 21.5. The van der Waals surface area contributed by atoms with Gasteiger partial charge in [-0.25, -0.2) is 4.98 Å². The van der Waals surface area contributed by atoms with Crippen LogP contribution in [0.3, 0.4) is 0 Å². The second-order valence-electron chi connectivity index (χ2n) is 9.33. The largest absolute Gasteiger partial charge is 0.477 e. The van der Waals surface area contributed by atoms with Gasteiger partial charge in [-0.2, -0.15) is 5.26 Å². The molecule has 8 heteroatoms. The Kier molecular flexibility index (Phi) is 8.70. The molecule has 2 aromatic heterocycles. The quantitative estimate of drug-likeness (QED) is 0.454. The summed E-state index contributed by atoms with van der Waals surface area (Å²) < 4.78 is 5.39. The second-order valence-corrected chi connectivity index (χ2v) is 9.33.